The van der Waals surface area contributed by atoms with E-state index in [1.165, 1.54) is 27.4 Å². The van der Waals surface area contributed by atoms with Crippen LogP contribution >= 0.6 is 34.3 Å². The molecule has 0 bridgehead atoms. The van der Waals surface area contributed by atoms with E-state index >= 15 is 0 Å². The van der Waals surface area contributed by atoms with Gasteiger partial charge in [0.1, 0.15) is 0 Å². The Labute approximate surface area is 208 Å². The standard InChI is InChI=1S/C25H19ClN4O2S2/c26-23-6-5-21(34-23)4-3-20-13-22(28-30(20)25(32)19-8-11-33-16-19)18-7-10-29(24(31)12-18)15-17-2-1-9-27-14-17/h1-2,5-14,16H,3-4,15H2. The third-order valence-electron chi connectivity index (χ3n) is 5.37. The van der Waals surface area contributed by atoms with Crippen molar-refractivity contribution in [1.29, 1.82) is 0 Å². The van der Waals surface area contributed by atoms with E-state index in [1.54, 1.807) is 35.3 Å². The van der Waals surface area contributed by atoms with E-state index in [1.807, 2.05) is 47.2 Å². The average Bonchev–Trinajstić information content (AvgIpc) is 3.60. The minimum Gasteiger partial charge on any atom is -0.311 e. The monoisotopic (exact) mass is 506 g/mol. The predicted octanol–water partition coefficient (Wildman–Crippen LogP) is 5.41. The van der Waals surface area contributed by atoms with Crippen LogP contribution in [0.15, 0.2) is 82.7 Å². The number of thiophene rings is 2. The summed E-state index contributed by atoms with van der Waals surface area (Å²) in [5, 5.41) is 8.28. The van der Waals surface area contributed by atoms with Gasteiger partial charge in [0.25, 0.3) is 11.5 Å². The fraction of sp³-hybridized carbons (Fsp3) is 0.120. The highest BCUT2D eigenvalue weighted by Gasteiger charge is 2.18. The van der Waals surface area contributed by atoms with Crippen molar-refractivity contribution in [2.24, 2.45) is 0 Å². The van der Waals surface area contributed by atoms with Crippen molar-refractivity contribution >= 4 is 40.2 Å². The summed E-state index contributed by atoms with van der Waals surface area (Å²) >= 11 is 9.06. The second-order valence-corrected chi connectivity index (χ2v) is 10.3. The first-order valence-electron chi connectivity index (χ1n) is 10.6. The molecule has 0 fully saturated rings. The lowest BCUT2D eigenvalue weighted by Crippen LogP contribution is -2.19. The zero-order valence-corrected chi connectivity index (χ0v) is 20.3. The molecule has 0 saturated heterocycles. The van der Waals surface area contributed by atoms with Gasteiger partial charge in [-0.05, 0) is 60.2 Å². The molecule has 0 atom stereocenters. The number of rotatable bonds is 7. The highest BCUT2D eigenvalue weighted by Crippen LogP contribution is 2.25. The second kappa shape index (κ2) is 9.89. The Hall–Kier alpha value is -3.33. The second-order valence-electron chi connectivity index (χ2n) is 7.70. The largest absolute Gasteiger partial charge is 0.311 e. The van der Waals surface area contributed by atoms with Gasteiger partial charge in [0.15, 0.2) is 0 Å². The van der Waals surface area contributed by atoms with E-state index in [0.29, 0.717) is 29.8 Å². The van der Waals surface area contributed by atoms with Crippen LogP contribution in [0.2, 0.25) is 4.34 Å². The number of nitrogens with zero attached hydrogens (tertiary/aromatic N) is 4. The van der Waals surface area contributed by atoms with E-state index in [-0.39, 0.29) is 11.5 Å². The molecule has 0 spiro atoms. The smallest absolute Gasteiger partial charge is 0.279 e. The summed E-state index contributed by atoms with van der Waals surface area (Å²) in [6.07, 6.45) is 6.56. The van der Waals surface area contributed by atoms with Crippen molar-refractivity contribution in [3.05, 3.63) is 114 Å². The molecule has 0 aliphatic rings. The normalized spacial score (nSPS) is 11.1. The molecule has 0 saturated carbocycles. The average molecular weight is 507 g/mol. The molecule has 0 aliphatic carbocycles. The summed E-state index contributed by atoms with van der Waals surface area (Å²) in [7, 11) is 0. The summed E-state index contributed by atoms with van der Waals surface area (Å²) in [5.41, 5.74) is 3.44. The fourth-order valence-corrected chi connectivity index (χ4v) is 5.36. The third kappa shape index (κ3) is 4.94. The lowest BCUT2D eigenvalue weighted by atomic mass is 10.1. The molecule has 170 valence electrons. The lowest BCUT2D eigenvalue weighted by Gasteiger charge is -2.06. The van der Waals surface area contributed by atoms with E-state index in [4.69, 9.17) is 11.6 Å². The Kier molecular flexibility index (Phi) is 6.53. The summed E-state index contributed by atoms with van der Waals surface area (Å²) in [4.78, 5) is 31.1. The maximum absolute atomic E-state index is 13.1. The van der Waals surface area contributed by atoms with Crippen LogP contribution in [0, 0.1) is 0 Å². The van der Waals surface area contributed by atoms with Crippen LogP contribution in [-0.4, -0.2) is 25.2 Å². The summed E-state index contributed by atoms with van der Waals surface area (Å²) in [6.45, 7) is 0.437. The van der Waals surface area contributed by atoms with Crippen molar-refractivity contribution in [2.75, 3.05) is 0 Å². The Morgan fingerprint density at radius 1 is 1.09 bits per heavy atom. The van der Waals surface area contributed by atoms with Gasteiger partial charge in [0, 0.05) is 46.2 Å². The maximum Gasteiger partial charge on any atom is 0.279 e. The first kappa shape index (κ1) is 22.5. The van der Waals surface area contributed by atoms with E-state index in [9.17, 15) is 9.59 Å². The van der Waals surface area contributed by atoms with E-state index in [0.717, 1.165) is 26.9 Å². The van der Waals surface area contributed by atoms with Gasteiger partial charge in [0.2, 0.25) is 0 Å². The van der Waals surface area contributed by atoms with Crippen molar-refractivity contribution in [1.82, 2.24) is 19.3 Å². The summed E-state index contributed by atoms with van der Waals surface area (Å²) in [5.74, 6) is -0.184. The third-order valence-corrected chi connectivity index (χ3v) is 7.34. The molecule has 9 heteroatoms. The summed E-state index contributed by atoms with van der Waals surface area (Å²) in [6, 6.07) is 14.7. The van der Waals surface area contributed by atoms with Gasteiger partial charge >= 0.3 is 0 Å². The molecule has 6 nitrogen and oxygen atoms in total. The highest BCUT2D eigenvalue weighted by atomic mass is 35.5. The van der Waals surface area contributed by atoms with E-state index < -0.39 is 0 Å². The van der Waals surface area contributed by atoms with Gasteiger partial charge in [-0.1, -0.05) is 17.7 Å². The molecule has 0 radical (unpaired) electrons. The SMILES string of the molecule is O=C(c1ccsc1)n1nc(-c2ccn(Cc3cccnc3)c(=O)c2)cc1CCc1ccc(Cl)s1. The van der Waals surface area contributed by atoms with Crippen molar-refractivity contribution in [2.45, 2.75) is 19.4 Å². The van der Waals surface area contributed by atoms with Gasteiger partial charge in [-0.3, -0.25) is 14.6 Å². The van der Waals surface area contributed by atoms with Gasteiger partial charge in [-0.25, -0.2) is 4.68 Å². The van der Waals surface area contributed by atoms with Crippen LogP contribution in [0.4, 0.5) is 0 Å². The van der Waals surface area contributed by atoms with Crippen LogP contribution in [0.1, 0.15) is 26.5 Å². The molecular weight excluding hydrogens is 488 g/mol. The van der Waals surface area contributed by atoms with Crippen LogP contribution in [-0.2, 0) is 19.4 Å². The van der Waals surface area contributed by atoms with Crippen LogP contribution in [0.3, 0.4) is 0 Å². The molecule has 5 heterocycles. The number of hydrogen-bond acceptors (Lipinski definition) is 6. The number of aromatic nitrogens is 4. The lowest BCUT2D eigenvalue weighted by molar-refractivity contribution is 0.0942. The fourth-order valence-electron chi connectivity index (χ4n) is 3.65. The van der Waals surface area contributed by atoms with Gasteiger partial charge in [-0.15, -0.1) is 11.3 Å². The highest BCUT2D eigenvalue weighted by molar-refractivity contribution is 7.16. The van der Waals surface area contributed by atoms with E-state index in [2.05, 4.69) is 10.1 Å². The summed E-state index contributed by atoms with van der Waals surface area (Å²) < 4.78 is 3.81. The topological polar surface area (TPSA) is 69.8 Å². The minimum atomic E-state index is -0.184. The molecule has 0 aliphatic heterocycles. The number of pyridine rings is 2. The number of aryl methyl sites for hydroxylation is 2. The number of carbonyl (C=O) groups is 1. The maximum atomic E-state index is 13.1. The van der Waals surface area contributed by atoms with Crippen LogP contribution in [0.25, 0.3) is 11.3 Å². The molecule has 0 N–H and O–H groups in total. The first-order valence-corrected chi connectivity index (χ1v) is 12.7. The molecule has 0 unspecified atom stereocenters. The van der Waals surface area contributed by atoms with Crippen LogP contribution in [0.5, 0.6) is 0 Å². The molecule has 5 aromatic heterocycles. The quantitative estimate of drug-likeness (QED) is 0.296. The van der Waals surface area contributed by atoms with Gasteiger partial charge in [0.05, 0.1) is 22.1 Å². The number of hydrogen-bond donors (Lipinski definition) is 0. The zero-order chi connectivity index (χ0) is 23.5. The Bertz CT molecular complexity index is 1490. The molecule has 5 rings (SSSR count). The number of carbonyl (C=O) groups excluding carboxylic acids is 1. The Morgan fingerprint density at radius 2 is 2.00 bits per heavy atom. The van der Waals surface area contributed by atoms with Crippen LogP contribution < -0.4 is 5.56 Å². The molecule has 0 aromatic carbocycles. The van der Waals surface area contributed by atoms with Crippen molar-refractivity contribution in [3.63, 3.8) is 0 Å². The number of halogens is 1. The first-order chi connectivity index (χ1) is 16.6. The zero-order valence-electron chi connectivity index (χ0n) is 17.9. The predicted molar refractivity (Wildman–Crippen MR) is 136 cm³/mol. The Balaban J connectivity index is 1.45. The molecule has 5 aromatic rings. The van der Waals surface area contributed by atoms with Crippen molar-refractivity contribution < 1.29 is 4.79 Å². The van der Waals surface area contributed by atoms with Crippen molar-refractivity contribution in [3.8, 4) is 11.3 Å². The molecule has 0 amide bonds. The van der Waals surface area contributed by atoms with Gasteiger partial charge < -0.3 is 4.57 Å². The molecule has 34 heavy (non-hydrogen) atoms. The molecular formula is C25H19ClN4O2S2. The Morgan fingerprint density at radius 3 is 2.71 bits per heavy atom. The minimum absolute atomic E-state index is 0.144. The van der Waals surface area contributed by atoms with Gasteiger partial charge in [-0.2, -0.15) is 16.4 Å².